The average molecular weight is 215 g/mol. The Morgan fingerprint density at radius 1 is 1.31 bits per heavy atom. The second kappa shape index (κ2) is 3.89. The Labute approximate surface area is 93.5 Å². The molecule has 16 heavy (non-hydrogen) atoms. The predicted octanol–water partition coefficient (Wildman–Crippen LogP) is 1.85. The maximum Gasteiger partial charge on any atom is 0.248 e. The lowest BCUT2D eigenvalue weighted by atomic mass is 10.1. The van der Waals surface area contributed by atoms with Crippen LogP contribution in [0, 0.1) is 0 Å². The van der Waals surface area contributed by atoms with E-state index in [1.54, 1.807) is 24.4 Å². The molecule has 1 aromatic carbocycles. The Morgan fingerprint density at radius 2 is 2.06 bits per heavy atom. The first kappa shape index (κ1) is 10.5. The third kappa shape index (κ3) is 1.86. The first-order valence-electron chi connectivity index (χ1n) is 5.14. The number of rotatable bonds is 2. The van der Waals surface area contributed by atoms with Gasteiger partial charge in [-0.1, -0.05) is 13.8 Å². The second-order valence-electron chi connectivity index (χ2n) is 4.02. The molecule has 0 aliphatic carbocycles. The first-order valence-corrected chi connectivity index (χ1v) is 5.14. The van der Waals surface area contributed by atoms with Gasteiger partial charge in [-0.2, -0.15) is 0 Å². The van der Waals surface area contributed by atoms with Crippen LogP contribution in [0.3, 0.4) is 0 Å². The molecule has 1 amide bonds. The van der Waals surface area contributed by atoms with Gasteiger partial charge in [-0.3, -0.25) is 9.78 Å². The second-order valence-corrected chi connectivity index (χ2v) is 4.02. The lowest BCUT2D eigenvalue weighted by Crippen LogP contribution is -2.10. The van der Waals surface area contributed by atoms with Crippen LogP contribution in [0.4, 0.5) is 0 Å². The van der Waals surface area contributed by atoms with E-state index in [9.17, 15) is 4.79 Å². The highest BCUT2D eigenvalue weighted by atomic mass is 16.1. The topological polar surface area (TPSA) is 68.9 Å². The SMILES string of the molecule is CC(C)c1cnc2cc(C(N)=O)ccc2n1. The summed E-state index contributed by atoms with van der Waals surface area (Å²) in [5.74, 6) is -0.107. The summed E-state index contributed by atoms with van der Waals surface area (Å²) in [6.07, 6.45) is 1.73. The number of hydrogen-bond acceptors (Lipinski definition) is 3. The normalized spacial score (nSPS) is 10.9. The van der Waals surface area contributed by atoms with Gasteiger partial charge in [0, 0.05) is 11.8 Å². The van der Waals surface area contributed by atoms with Gasteiger partial charge in [-0.05, 0) is 24.1 Å². The molecule has 82 valence electrons. The number of hydrogen-bond donors (Lipinski definition) is 1. The van der Waals surface area contributed by atoms with Gasteiger partial charge in [0.25, 0.3) is 0 Å². The summed E-state index contributed by atoms with van der Waals surface area (Å²) in [5.41, 5.74) is 8.08. The van der Waals surface area contributed by atoms with Gasteiger partial charge in [0.05, 0.1) is 16.7 Å². The zero-order valence-corrected chi connectivity index (χ0v) is 9.27. The number of primary amides is 1. The molecule has 0 saturated carbocycles. The van der Waals surface area contributed by atoms with E-state index in [1.807, 2.05) is 0 Å². The number of aromatic nitrogens is 2. The fraction of sp³-hybridized carbons (Fsp3) is 0.250. The molecule has 0 aliphatic heterocycles. The van der Waals surface area contributed by atoms with Crippen LogP contribution in [0.25, 0.3) is 11.0 Å². The summed E-state index contributed by atoms with van der Waals surface area (Å²) in [6.45, 7) is 4.13. The number of fused-ring (bicyclic) bond motifs is 1. The van der Waals surface area contributed by atoms with E-state index in [4.69, 9.17) is 5.73 Å². The summed E-state index contributed by atoms with van der Waals surface area (Å²) in [5, 5.41) is 0. The number of carbonyl (C=O) groups excluding carboxylic acids is 1. The molecule has 2 aromatic rings. The zero-order valence-electron chi connectivity index (χ0n) is 9.27. The Kier molecular flexibility index (Phi) is 2.56. The highest BCUT2D eigenvalue weighted by Gasteiger charge is 2.06. The fourth-order valence-corrected chi connectivity index (χ4v) is 1.46. The number of amides is 1. The fourth-order valence-electron chi connectivity index (χ4n) is 1.46. The third-order valence-electron chi connectivity index (χ3n) is 2.44. The van der Waals surface area contributed by atoms with Crippen LogP contribution in [-0.4, -0.2) is 15.9 Å². The van der Waals surface area contributed by atoms with Gasteiger partial charge < -0.3 is 5.73 Å². The molecule has 1 heterocycles. The van der Waals surface area contributed by atoms with Crippen LogP contribution < -0.4 is 5.73 Å². The van der Waals surface area contributed by atoms with Gasteiger partial charge in [0.15, 0.2) is 0 Å². The van der Waals surface area contributed by atoms with E-state index in [2.05, 4.69) is 23.8 Å². The molecule has 0 atom stereocenters. The van der Waals surface area contributed by atoms with Crippen LogP contribution in [-0.2, 0) is 0 Å². The Balaban J connectivity index is 2.57. The molecule has 0 unspecified atom stereocenters. The van der Waals surface area contributed by atoms with E-state index < -0.39 is 5.91 Å². The van der Waals surface area contributed by atoms with Crippen molar-refractivity contribution in [3.63, 3.8) is 0 Å². The molecule has 0 saturated heterocycles. The van der Waals surface area contributed by atoms with Gasteiger partial charge in [0.1, 0.15) is 0 Å². The van der Waals surface area contributed by atoms with Gasteiger partial charge in [-0.15, -0.1) is 0 Å². The van der Waals surface area contributed by atoms with Crippen molar-refractivity contribution in [3.05, 3.63) is 35.7 Å². The molecule has 0 fully saturated rings. The smallest absolute Gasteiger partial charge is 0.248 e. The van der Waals surface area contributed by atoms with Crippen molar-refractivity contribution in [2.75, 3.05) is 0 Å². The quantitative estimate of drug-likeness (QED) is 0.831. The standard InChI is InChI=1S/C12H13N3O/c1-7(2)11-6-14-10-5-8(12(13)16)3-4-9(10)15-11/h3-7H,1-2H3,(H2,13,16). The molecule has 0 bridgehead atoms. The first-order chi connectivity index (χ1) is 7.58. The maximum atomic E-state index is 11.0. The zero-order chi connectivity index (χ0) is 11.7. The highest BCUT2D eigenvalue weighted by molar-refractivity contribution is 5.96. The van der Waals surface area contributed by atoms with Crippen LogP contribution in [0.1, 0.15) is 35.8 Å². The van der Waals surface area contributed by atoms with Crippen LogP contribution in [0.2, 0.25) is 0 Å². The van der Waals surface area contributed by atoms with E-state index in [-0.39, 0.29) is 0 Å². The van der Waals surface area contributed by atoms with E-state index in [0.29, 0.717) is 17.0 Å². The summed E-state index contributed by atoms with van der Waals surface area (Å²) >= 11 is 0. The Hall–Kier alpha value is -1.97. The van der Waals surface area contributed by atoms with Crippen molar-refractivity contribution >= 4 is 16.9 Å². The molecule has 1 aromatic heterocycles. The van der Waals surface area contributed by atoms with Crippen LogP contribution in [0.15, 0.2) is 24.4 Å². The molecule has 2 rings (SSSR count). The van der Waals surface area contributed by atoms with Crippen molar-refractivity contribution in [1.29, 1.82) is 0 Å². The van der Waals surface area contributed by atoms with Crippen molar-refractivity contribution in [2.24, 2.45) is 5.73 Å². The molecule has 2 N–H and O–H groups in total. The average Bonchev–Trinajstić information content (AvgIpc) is 2.27. The largest absolute Gasteiger partial charge is 0.366 e. The van der Waals surface area contributed by atoms with E-state index in [1.165, 1.54) is 0 Å². The molecule has 4 heteroatoms. The molecule has 4 nitrogen and oxygen atoms in total. The summed E-state index contributed by atoms with van der Waals surface area (Å²) in [4.78, 5) is 19.7. The van der Waals surface area contributed by atoms with Crippen molar-refractivity contribution in [2.45, 2.75) is 19.8 Å². The van der Waals surface area contributed by atoms with Crippen molar-refractivity contribution < 1.29 is 4.79 Å². The number of carbonyl (C=O) groups is 1. The number of nitrogens with zero attached hydrogens (tertiary/aromatic N) is 2. The van der Waals surface area contributed by atoms with Crippen LogP contribution >= 0.6 is 0 Å². The highest BCUT2D eigenvalue weighted by Crippen LogP contribution is 2.16. The van der Waals surface area contributed by atoms with E-state index >= 15 is 0 Å². The molecular formula is C12H13N3O. The van der Waals surface area contributed by atoms with E-state index in [0.717, 1.165) is 11.2 Å². The number of benzene rings is 1. The molecule has 0 radical (unpaired) electrons. The van der Waals surface area contributed by atoms with Gasteiger partial charge in [0.2, 0.25) is 5.91 Å². The van der Waals surface area contributed by atoms with Crippen molar-refractivity contribution in [3.8, 4) is 0 Å². The minimum atomic E-state index is -0.448. The van der Waals surface area contributed by atoms with Crippen molar-refractivity contribution in [1.82, 2.24) is 9.97 Å². The van der Waals surface area contributed by atoms with Gasteiger partial charge in [-0.25, -0.2) is 4.98 Å². The van der Waals surface area contributed by atoms with Gasteiger partial charge >= 0.3 is 0 Å². The Morgan fingerprint density at radius 3 is 2.69 bits per heavy atom. The minimum absolute atomic E-state index is 0.340. The monoisotopic (exact) mass is 215 g/mol. The summed E-state index contributed by atoms with van der Waals surface area (Å²) in [7, 11) is 0. The summed E-state index contributed by atoms with van der Waals surface area (Å²) < 4.78 is 0. The lowest BCUT2D eigenvalue weighted by Gasteiger charge is -2.05. The minimum Gasteiger partial charge on any atom is -0.366 e. The van der Waals surface area contributed by atoms with Crippen LogP contribution in [0.5, 0.6) is 0 Å². The maximum absolute atomic E-state index is 11.0. The number of nitrogens with two attached hydrogens (primary N) is 1. The summed E-state index contributed by atoms with van der Waals surface area (Å²) in [6, 6.07) is 5.10. The molecular weight excluding hydrogens is 202 g/mol. The third-order valence-corrected chi connectivity index (χ3v) is 2.44. The Bertz CT molecular complexity index is 549. The predicted molar refractivity (Wildman–Crippen MR) is 62.1 cm³/mol. The molecule has 0 aliphatic rings. The molecule has 0 spiro atoms. The lowest BCUT2D eigenvalue weighted by molar-refractivity contribution is 0.100.